The molecular weight excluding hydrogens is 438 g/mol. The molecule has 0 spiro atoms. The summed E-state index contributed by atoms with van der Waals surface area (Å²) in [5.41, 5.74) is 3.67. The molecule has 0 bridgehead atoms. The predicted octanol–water partition coefficient (Wildman–Crippen LogP) is 3.18. The van der Waals surface area contributed by atoms with Crippen molar-refractivity contribution in [3.63, 3.8) is 0 Å². The van der Waals surface area contributed by atoms with E-state index in [4.69, 9.17) is 0 Å². The number of pyridine rings is 1. The molecule has 0 unspecified atom stereocenters. The lowest BCUT2D eigenvalue weighted by Gasteiger charge is -2.13. The quantitative estimate of drug-likeness (QED) is 0.458. The fourth-order valence-electron chi connectivity index (χ4n) is 3.91. The van der Waals surface area contributed by atoms with Crippen molar-refractivity contribution in [2.45, 2.75) is 32.2 Å². The van der Waals surface area contributed by atoms with Gasteiger partial charge in [0, 0.05) is 29.4 Å². The van der Waals surface area contributed by atoms with E-state index in [-0.39, 0.29) is 11.8 Å². The van der Waals surface area contributed by atoms with Crippen LogP contribution in [-0.4, -0.2) is 37.0 Å². The first-order chi connectivity index (χ1) is 16.2. The van der Waals surface area contributed by atoms with E-state index in [9.17, 15) is 9.59 Å². The van der Waals surface area contributed by atoms with Gasteiger partial charge in [0.15, 0.2) is 0 Å². The lowest BCUT2D eigenvalue weighted by Crippen LogP contribution is -2.25. The van der Waals surface area contributed by atoms with Crippen LogP contribution in [0.2, 0.25) is 0 Å². The second-order valence-electron chi connectivity index (χ2n) is 7.72. The first-order valence-electron chi connectivity index (χ1n) is 10.7. The Morgan fingerprint density at radius 3 is 2.82 bits per heavy atom. The first kappa shape index (κ1) is 21.0. The molecule has 0 fully saturated rings. The van der Waals surface area contributed by atoms with Crippen LogP contribution >= 0.6 is 11.3 Å². The summed E-state index contributed by atoms with van der Waals surface area (Å²) in [6, 6.07) is 10.8. The van der Waals surface area contributed by atoms with Gasteiger partial charge in [-0.05, 0) is 71.5 Å². The number of thiophene rings is 1. The minimum Gasteiger partial charge on any atom is -0.348 e. The number of hydrogen-bond acceptors (Lipinski definition) is 7. The molecule has 33 heavy (non-hydrogen) atoms. The van der Waals surface area contributed by atoms with Crippen molar-refractivity contribution in [1.29, 1.82) is 0 Å². The number of anilines is 1. The molecule has 3 aromatic heterocycles. The van der Waals surface area contributed by atoms with Gasteiger partial charge in [-0.2, -0.15) is 0 Å². The number of aryl methyl sites for hydroxylation is 1. The highest BCUT2D eigenvalue weighted by Crippen LogP contribution is 2.38. The average molecular weight is 460 g/mol. The third kappa shape index (κ3) is 4.51. The molecule has 0 atom stereocenters. The van der Waals surface area contributed by atoms with Gasteiger partial charge in [-0.25, -0.2) is 4.68 Å². The van der Waals surface area contributed by atoms with E-state index in [0.717, 1.165) is 36.8 Å². The number of aromatic nitrogens is 5. The third-order valence-corrected chi connectivity index (χ3v) is 6.73. The number of fused-ring (bicyclic) bond motifs is 1. The van der Waals surface area contributed by atoms with Crippen LogP contribution in [0.3, 0.4) is 0 Å². The van der Waals surface area contributed by atoms with Gasteiger partial charge < -0.3 is 10.6 Å². The molecule has 166 valence electrons. The number of carbonyl (C=O) groups is 2. The van der Waals surface area contributed by atoms with Crippen LogP contribution in [0, 0.1) is 0 Å². The molecule has 1 aliphatic rings. The van der Waals surface area contributed by atoms with Gasteiger partial charge in [0.1, 0.15) is 11.3 Å². The van der Waals surface area contributed by atoms with Gasteiger partial charge in [-0.1, -0.05) is 12.1 Å². The van der Waals surface area contributed by atoms with Crippen LogP contribution in [-0.2, 0) is 19.4 Å². The number of nitrogens with zero attached hydrogens (tertiary/aromatic N) is 5. The summed E-state index contributed by atoms with van der Waals surface area (Å²) in [6.07, 6.45) is 8.78. The van der Waals surface area contributed by atoms with E-state index in [0.29, 0.717) is 28.4 Å². The van der Waals surface area contributed by atoms with Crippen LogP contribution in [0.25, 0.3) is 5.69 Å². The van der Waals surface area contributed by atoms with Crippen molar-refractivity contribution in [2.24, 2.45) is 0 Å². The van der Waals surface area contributed by atoms with Crippen molar-refractivity contribution in [1.82, 2.24) is 30.5 Å². The fourth-order valence-corrected chi connectivity index (χ4v) is 5.19. The largest absolute Gasteiger partial charge is 0.348 e. The second kappa shape index (κ2) is 9.29. The Labute approximate surface area is 193 Å². The minimum atomic E-state index is -0.287. The Kier molecular flexibility index (Phi) is 5.90. The highest BCUT2D eigenvalue weighted by atomic mass is 32.1. The smallest absolute Gasteiger partial charge is 0.256 e. The molecule has 0 saturated carbocycles. The number of hydrogen-bond donors (Lipinski definition) is 2. The number of benzene rings is 1. The molecule has 0 saturated heterocycles. The lowest BCUT2D eigenvalue weighted by atomic mass is 9.95. The number of rotatable bonds is 6. The number of carbonyl (C=O) groups excluding carboxylic acids is 2. The highest BCUT2D eigenvalue weighted by Gasteiger charge is 2.26. The van der Waals surface area contributed by atoms with E-state index < -0.39 is 0 Å². The van der Waals surface area contributed by atoms with Gasteiger partial charge in [0.2, 0.25) is 0 Å². The van der Waals surface area contributed by atoms with Gasteiger partial charge in [-0.15, -0.1) is 16.4 Å². The molecule has 10 heteroatoms. The zero-order valence-electron chi connectivity index (χ0n) is 17.7. The van der Waals surface area contributed by atoms with Gasteiger partial charge >= 0.3 is 0 Å². The Hall–Kier alpha value is -3.92. The van der Waals surface area contributed by atoms with Crippen LogP contribution in [0.5, 0.6) is 0 Å². The van der Waals surface area contributed by atoms with Crippen molar-refractivity contribution in [3.05, 3.63) is 82.3 Å². The Morgan fingerprint density at radius 1 is 1.09 bits per heavy atom. The highest BCUT2D eigenvalue weighted by molar-refractivity contribution is 7.17. The molecule has 9 nitrogen and oxygen atoms in total. The summed E-state index contributed by atoms with van der Waals surface area (Å²) >= 11 is 1.49. The zero-order valence-corrected chi connectivity index (χ0v) is 18.5. The Bertz CT molecular complexity index is 1290. The van der Waals surface area contributed by atoms with Crippen molar-refractivity contribution < 1.29 is 9.59 Å². The summed E-state index contributed by atoms with van der Waals surface area (Å²) in [5.74, 6) is -0.471. The van der Waals surface area contributed by atoms with Crippen molar-refractivity contribution in [3.8, 4) is 5.69 Å². The molecule has 1 aliphatic carbocycles. The maximum atomic E-state index is 13.2. The van der Waals surface area contributed by atoms with Crippen molar-refractivity contribution >= 4 is 28.2 Å². The number of amides is 2. The van der Waals surface area contributed by atoms with E-state index in [1.807, 2.05) is 18.2 Å². The molecule has 0 aliphatic heterocycles. The molecule has 5 rings (SSSR count). The SMILES string of the molecule is O=C(Nc1sc2c(c1C(=O)NCc1cccnc1)CCCC2)c1cccc(-n2cnnn2)c1. The fraction of sp³-hybridized carbons (Fsp3) is 0.217. The van der Waals surface area contributed by atoms with E-state index >= 15 is 0 Å². The lowest BCUT2D eigenvalue weighted by molar-refractivity contribution is 0.0951. The predicted molar refractivity (Wildman–Crippen MR) is 123 cm³/mol. The third-order valence-electron chi connectivity index (χ3n) is 5.52. The normalized spacial score (nSPS) is 12.7. The zero-order chi connectivity index (χ0) is 22.6. The minimum absolute atomic E-state index is 0.184. The van der Waals surface area contributed by atoms with Crippen LogP contribution in [0.1, 0.15) is 49.6 Å². The number of nitrogens with one attached hydrogen (secondary N) is 2. The van der Waals surface area contributed by atoms with E-state index in [1.54, 1.807) is 30.6 Å². The van der Waals surface area contributed by atoms with Gasteiger partial charge in [-0.3, -0.25) is 14.6 Å². The van der Waals surface area contributed by atoms with Gasteiger partial charge in [0.25, 0.3) is 11.8 Å². The molecule has 2 N–H and O–H groups in total. The Balaban J connectivity index is 1.40. The van der Waals surface area contributed by atoms with Crippen molar-refractivity contribution in [2.75, 3.05) is 5.32 Å². The molecule has 0 radical (unpaired) electrons. The van der Waals surface area contributed by atoms with E-state index in [1.165, 1.54) is 27.2 Å². The molecule has 4 aromatic rings. The monoisotopic (exact) mass is 459 g/mol. The number of tetrazole rings is 1. The molecule has 2 amide bonds. The summed E-state index contributed by atoms with van der Waals surface area (Å²) < 4.78 is 1.48. The van der Waals surface area contributed by atoms with Crippen LogP contribution < -0.4 is 10.6 Å². The summed E-state index contributed by atoms with van der Waals surface area (Å²) in [7, 11) is 0. The standard InChI is InChI=1S/C23H21N7O2S/c31-21(16-6-3-7-17(11-16)30-14-26-28-29-30)27-23-20(18-8-1-2-9-19(18)33-23)22(32)25-13-15-5-4-10-24-12-15/h3-7,10-12,14H,1-2,8-9,13H2,(H,25,32)(H,27,31). The first-order valence-corrected chi connectivity index (χ1v) is 11.5. The molecule has 3 heterocycles. The topological polar surface area (TPSA) is 115 Å². The molecule has 1 aromatic carbocycles. The van der Waals surface area contributed by atoms with E-state index in [2.05, 4.69) is 31.1 Å². The van der Waals surface area contributed by atoms with Crippen LogP contribution in [0.15, 0.2) is 55.1 Å². The summed E-state index contributed by atoms with van der Waals surface area (Å²) in [4.78, 5) is 31.6. The van der Waals surface area contributed by atoms with Crippen LogP contribution in [0.4, 0.5) is 5.00 Å². The maximum Gasteiger partial charge on any atom is 0.256 e. The second-order valence-corrected chi connectivity index (χ2v) is 8.82. The Morgan fingerprint density at radius 2 is 2.00 bits per heavy atom. The molecular formula is C23H21N7O2S. The summed E-state index contributed by atoms with van der Waals surface area (Å²) in [5, 5.41) is 17.7. The van der Waals surface area contributed by atoms with Gasteiger partial charge in [0.05, 0.1) is 11.3 Å². The summed E-state index contributed by atoms with van der Waals surface area (Å²) in [6.45, 7) is 0.374. The average Bonchev–Trinajstić information content (AvgIpc) is 3.51. The maximum absolute atomic E-state index is 13.2.